The highest BCUT2D eigenvalue weighted by molar-refractivity contribution is 5.66. The zero-order chi connectivity index (χ0) is 15.8. The van der Waals surface area contributed by atoms with Crippen LogP contribution >= 0.6 is 0 Å². The van der Waals surface area contributed by atoms with Crippen molar-refractivity contribution in [2.24, 2.45) is 23.7 Å². The fraction of sp³-hybridized carbons (Fsp3) is 0.850. The molecule has 0 bridgehead atoms. The quantitative estimate of drug-likeness (QED) is 0.430. The molecule has 0 saturated heterocycles. The molecule has 1 fully saturated rings. The van der Waals surface area contributed by atoms with Gasteiger partial charge in [-0.25, -0.2) is 0 Å². The van der Waals surface area contributed by atoms with Gasteiger partial charge in [-0.2, -0.15) is 0 Å². The van der Waals surface area contributed by atoms with E-state index in [1.807, 2.05) is 0 Å². The number of unbranched alkanes of at least 4 members (excludes halogenated alkanes) is 3. The predicted molar refractivity (Wildman–Crippen MR) is 91.8 cm³/mol. The van der Waals surface area contributed by atoms with Crippen LogP contribution in [0.5, 0.6) is 0 Å². The summed E-state index contributed by atoms with van der Waals surface area (Å²) in [5, 5.41) is 8.93. The number of hydrogen-bond acceptors (Lipinski definition) is 1. The van der Waals surface area contributed by atoms with Gasteiger partial charge in [-0.15, -0.1) is 0 Å². The number of rotatable bonds is 9. The Kier molecular flexibility index (Phi) is 7.48. The second-order valence-electron chi connectivity index (χ2n) is 7.46. The molecule has 2 rings (SSSR count). The molecule has 0 spiro atoms. The average molecular weight is 306 g/mol. The van der Waals surface area contributed by atoms with Crippen LogP contribution in [0.2, 0.25) is 0 Å². The minimum atomic E-state index is -0.633. The zero-order valence-corrected chi connectivity index (χ0v) is 14.3. The Labute approximate surface area is 136 Å². The monoisotopic (exact) mass is 306 g/mol. The highest BCUT2D eigenvalue weighted by Crippen LogP contribution is 2.46. The molecule has 4 unspecified atom stereocenters. The van der Waals surface area contributed by atoms with E-state index in [0.29, 0.717) is 12.3 Å². The van der Waals surface area contributed by atoms with Crippen molar-refractivity contribution in [2.75, 3.05) is 0 Å². The topological polar surface area (TPSA) is 37.3 Å². The summed E-state index contributed by atoms with van der Waals surface area (Å²) in [7, 11) is 0. The number of carboxylic acids is 1. The van der Waals surface area contributed by atoms with E-state index in [9.17, 15) is 4.79 Å². The van der Waals surface area contributed by atoms with Gasteiger partial charge in [0.05, 0.1) is 0 Å². The van der Waals surface area contributed by atoms with Crippen molar-refractivity contribution in [1.29, 1.82) is 0 Å². The second-order valence-corrected chi connectivity index (χ2v) is 7.46. The summed E-state index contributed by atoms with van der Waals surface area (Å²) in [5.74, 6) is 2.45. The van der Waals surface area contributed by atoms with E-state index in [4.69, 9.17) is 5.11 Å². The third-order valence-electron chi connectivity index (χ3n) is 5.90. The minimum Gasteiger partial charge on any atom is -0.481 e. The Morgan fingerprint density at radius 3 is 2.64 bits per heavy atom. The first kappa shape index (κ1) is 17.6. The maximum atomic E-state index is 10.8. The number of carbonyl (C=O) groups is 1. The van der Waals surface area contributed by atoms with Crippen molar-refractivity contribution in [1.82, 2.24) is 0 Å². The van der Waals surface area contributed by atoms with Crippen LogP contribution < -0.4 is 0 Å². The average Bonchev–Trinajstić information content (AvgIpc) is 2.52. The molecule has 0 aromatic rings. The Bertz CT molecular complexity index is 361. The van der Waals surface area contributed by atoms with Crippen LogP contribution in [-0.4, -0.2) is 11.1 Å². The lowest BCUT2D eigenvalue weighted by atomic mass is 9.62. The van der Waals surface area contributed by atoms with E-state index in [0.717, 1.165) is 30.6 Å². The van der Waals surface area contributed by atoms with E-state index in [1.54, 1.807) is 0 Å². The number of fused-ring (bicyclic) bond motifs is 1. The highest BCUT2D eigenvalue weighted by Gasteiger charge is 2.36. The van der Waals surface area contributed by atoms with Crippen LogP contribution in [0.15, 0.2) is 12.2 Å². The molecule has 2 nitrogen and oxygen atoms in total. The lowest BCUT2D eigenvalue weighted by Crippen LogP contribution is -2.33. The molecular formula is C20H34O2. The first-order chi connectivity index (χ1) is 10.7. The number of hydrogen-bond donors (Lipinski definition) is 1. The fourth-order valence-corrected chi connectivity index (χ4v) is 4.74. The molecule has 2 aliphatic carbocycles. The van der Waals surface area contributed by atoms with E-state index >= 15 is 0 Å². The van der Waals surface area contributed by atoms with Crippen molar-refractivity contribution in [2.45, 2.75) is 84.0 Å². The zero-order valence-electron chi connectivity index (χ0n) is 14.3. The highest BCUT2D eigenvalue weighted by atomic mass is 16.4. The Morgan fingerprint density at radius 1 is 1.05 bits per heavy atom. The van der Waals surface area contributed by atoms with Gasteiger partial charge in [-0.1, -0.05) is 57.6 Å². The first-order valence-corrected chi connectivity index (χ1v) is 9.62. The minimum absolute atomic E-state index is 0.347. The molecule has 0 aromatic carbocycles. The lowest BCUT2D eigenvalue weighted by Gasteiger charge is -2.43. The van der Waals surface area contributed by atoms with Crippen LogP contribution in [0.1, 0.15) is 84.0 Å². The van der Waals surface area contributed by atoms with Crippen LogP contribution in [0.25, 0.3) is 0 Å². The SMILES string of the molecule is CCCCCCC1C=CC2CCCCC2C1CCCC(=O)O. The van der Waals surface area contributed by atoms with Gasteiger partial charge in [0.15, 0.2) is 0 Å². The molecular weight excluding hydrogens is 272 g/mol. The molecule has 0 heterocycles. The van der Waals surface area contributed by atoms with Crippen LogP contribution in [0.4, 0.5) is 0 Å². The van der Waals surface area contributed by atoms with Gasteiger partial charge < -0.3 is 5.11 Å². The maximum Gasteiger partial charge on any atom is 0.303 e. The molecule has 1 N–H and O–H groups in total. The molecule has 2 aliphatic rings. The first-order valence-electron chi connectivity index (χ1n) is 9.62. The van der Waals surface area contributed by atoms with Crippen molar-refractivity contribution in [3.8, 4) is 0 Å². The van der Waals surface area contributed by atoms with E-state index in [1.165, 1.54) is 57.8 Å². The molecule has 0 aromatic heterocycles. The van der Waals surface area contributed by atoms with Crippen LogP contribution in [-0.2, 0) is 4.79 Å². The summed E-state index contributed by atoms with van der Waals surface area (Å²) in [4.78, 5) is 10.8. The Hall–Kier alpha value is -0.790. The second kappa shape index (κ2) is 9.37. The molecule has 4 atom stereocenters. The van der Waals surface area contributed by atoms with Crippen molar-refractivity contribution in [3.05, 3.63) is 12.2 Å². The molecule has 126 valence electrons. The maximum absolute atomic E-state index is 10.8. The lowest BCUT2D eigenvalue weighted by molar-refractivity contribution is -0.137. The number of allylic oxidation sites excluding steroid dienone is 2. The Morgan fingerprint density at radius 2 is 1.86 bits per heavy atom. The van der Waals surface area contributed by atoms with Crippen molar-refractivity contribution in [3.63, 3.8) is 0 Å². The van der Waals surface area contributed by atoms with E-state index in [2.05, 4.69) is 19.1 Å². The predicted octanol–water partition coefficient (Wildman–Crippen LogP) is 5.82. The largest absolute Gasteiger partial charge is 0.481 e. The molecule has 22 heavy (non-hydrogen) atoms. The van der Waals surface area contributed by atoms with E-state index in [-0.39, 0.29) is 0 Å². The summed E-state index contributed by atoms with van der Waals surface area (Å²) in [5.41, 5.74) is 0. The van der Waals surface area contributed by atoms with Crippen LogP contribution in [0.3, 0.4) is 0 Å². The van der Waals surface area contributed by atoms with E-state index < -0.39 is 5.97 Å². The standard InChI is InChI=1S/C20H34O2/c1-2-3-4-5-9-16-14-15-17-10-6-7-11-18(17)19(16)12-8-13-20(21)22/h14-19H,2-13H2,1H3,(H,21,22). The van der Waals surface area contributed by atoms with Crippen molar-refractivity contribution >= 4 is 5.97 Å². The van der Waals surface area contributed by atoms with Gasteiger partial charge >= 0.3 is 5.97 Å². The summed E-state index contributed by atoms with van der Waals surface area (Å²) >= 11 is 0. The molecule has 0 aliphatic heterocycles. The summed E-state index contributed by atoms with van der Waals surface area (Å²) in [6.45, 7) is 2.27. The van der Waals surface area contributed by atoms with Crippen molar-refractivity contribution < 1.29 is 9.90 Å². The van der Waals surface area contributed by atoms with Gasteiger partial charge in [0.1, 0.15) is 0 Å². The molecule has 0 radical (unpaired) electrons. The van der Waals surface area contributed by atoms with Crippen LogP contribution in [0, 0.1) is 23.7 Å². The number of aliphatic carboxylic acids is 1. The van der Waals surface area contributed by atoms with Gasteiger partial charge in [0, 0.05) is 6.42 Å². The van der Waals surface area contributed by atoms with Gasteiger partial charge in [0.25, 0.3) is 0 Å². The summed E-state index contributed by atoms with van der Waals surface area (Å²) in [6, 6.07) is 0. The Balaban J connectivity index is 1.92. The molecule has 0 amide bonds. The molecule has 2 heteroatoms. The van der Waals surface area contributed by atoms with Gasteiger partial charge in [-0.05, 0) is 55.8 Å². The normalized spacial score (nSPS) is 31.0. The summed E-state index contributed by atoms with van der Waals surface area (Å²) in [6.07, 6.45) is 19.5. The smallest absolute Gasteiger partial charge is 0.303 e. The third-order valence-corrected chi connectivity index (χ3v) is 5.90. The fourth-order valence-electron chi connectivity index (χ4n) is 4.74. The summed E-state index contributed by atoms with van der Waals surface area (Å²) < 4.78 is 0. The number of carboxylic acid groups (broad SMARTS) is 1. The third kappa shape index (κ3) is 5.14. The van der Waals surface area contributed by atoms with Gasteiger partial charge in [-0.3, -0.25) is 4.79 Å². The molecule has 1 saturated carbocycles. The van der Waals surface area contributed by atoms with Gasteiger partial charge in [0.2, 0.25) is 0 Å².